The Labute approximate surface area is 237 Å². The fourth-order valence-electron chi connectivity index (χ4n) is 4.05. The van der Waals surface area contributed by atoms with Gasteiger partial charge in [-0.15, -0.1) is 0 Å². The molecule has 4 aromatic carbocycles. The number of nitrogens with two attached hydrogens (primary N) is 1. The van der Waals surface area contributed by atoms with Gasteiger partial charge in [0.1, 0.15) is 5.84 Å². The lowest BCUT2D eigenvalue weighted by molar-refractivity contribution is 0.0602. The molecule has 41 heavy (non-hydrogen) atoms. The van der Waals surface area contributed by atoms with Crippen molar-refractivity contribution in [2.45, 2.75) is 13.0 Å². The number of amidine groups is 1. The van der Waals surface area contributed by atoms with Crippen molar-refractivity contribution in [3.8, 4) is 0 Å². The molecule has 0 bridgehead atoms. The van der Waals surface area contributed by atoms with E-state index in [1.165, 1.54) is 7.11 Å². The largest absolute Gasteiger partial charge is 0.465 e. The number of hydrogen-bond donors (Lipinski definition) is 6. The van der Waals surface area contributed by atoms with E-state index < -0.39 is 12.0 Å². The third-order valence-corrected chi connectivity index (χ3v) is 6.25. The van der Waals surface area contributed by atoms with Gasteiger partial charge in [0.15, 0.2) is 0 Å². The lowest BCUT2D eigenvalue weighted by Crippen LogP contribution is -2.21. The van der Waals surface area contributed by atoms with Crippen LogP contribution in [0.25, 0.3) is 0 Å². The minimum Gasteiger partial charge on any atom is -0.465 e. The van der Waals surface area contributed by atoms with Crippen LogP contribution >= 0.6 is 0 Å². The van der Waals surface area contributed by atoms with E-state index >= 15 is 0 Å². The van der Waals surface area contributed by atoms with Crippen LogP contribution in [0.2, 0.25) is 0 Å². The minimum atomic E-state index is -0.535. The Kier molecular flexibility index (Phi) is 8.95. The Hall–Kier alpha value is -5.64. The highest BCUT2D eigenvalue weighted by Gasteiger charge is 2.15. The molecule has 0 fully saturated rings. The van der Waals surface area contributed by atoms with Crippen LogP contribution in [0.3, 0.4) is 0 Å². The average Bonchev–Trinajstić information content (AvgIpc) is 2.98. The van der Waals surface area contributed by atoms with Crippen molar-refractivity contribution in [1.29, 1.82) is 5.41 Å². The molecule has 0 spiro atoms. The SMILES string of the molecule is COC(=O)c1ccccc1NC(=O)c1ccc(C(C)Nc2ccccc2NC(=O)Nc2ccc(C(=N)N)cc2)cc1. The summed E-state index contributed by atoms with van der Waals surface area (Å²) in [6.45, 7) is 1.97. The van der Waals surface area contributed by atoms with Gasteiger partial charge in [0.2, 0.25) is 0 Å². The molecule has 10 nitrogen and oxygen atoms in total. The lowest BCUT2D eigenvalue weighted by Gasteiger charge is -2.19. The van der Waals surface area contributed by atoms with Gasteiger partial charge in [-0.05, 0) is 73.2 Å². The molecule has 3 amide bonds. The van der Waals surface area contributed by atoms with Crippen LogP contribution in [0.1, 0.15) is 44.8 Å². The zero-order chi connectivity index (χ0) is 29.4. The van der Waals surface area contributed by atoms with Gasteiger partial charge in [0.25, 0.3) is 5.91 Å². The lowest BCUT2D eigenvalue weighted by atomic mass is 10.0. The van der Waals surface area contributed by atoms with Crippen LogP contribution in [-0.4, -0.2) is 30.9 Å². The first-order valence-electron chi connectivity index (χ1n) is 12.7. The molecule has 7 N–H and O–H groups in total. The average molecular weight is 551 g/mol. The molecule has 1 atom stereocenters. The van der Waals surface area contributed by atoms with E-state index in [0.29, 0.717) is 33.9 Å². The Morgan fingerprint density at radius 2 is 1.32 bits per heavy atom. The Morgan fingerprint density at radius 3 is 1.95 bits per heavy atom. The number of carbonyl (C=O) groups is 3. The van der Waals surface area contributed by atoms with Crippen molar-refractivity contribution in [3.63, 3.8) is 0 Å². The fourth-order valence-corrected chi connectivity index (χ4v) is 4.05. The number of anilines is 4. The van der Waals surface area contributed by atoms with E-state index in [-0.39, 0.29) is 23.3 Å². The molecule has 0 heterocycles. The van der Waals surface area contributed by atoms with Crippen LogP contribution in [-0.2, 0) is 4.74 Å². The molecule has 4 rings (SSSR count). The summed E-state index contributed by atoms with van der Waals surface area (Å²) in [7, 11) is 1.29. The van der Waals surface area contributed by atoms with Crippen molar-refractivity contribution in [3.05, 3.63) is 119 Å². The molecular weight excluding hydrogens is 520 g/mol. The highest BCUT2D eigenvalue weighted by molar-refractivity contribution is 6.08. The van der Waals surface area contributed by atoms with E-state index in [4.69, 9.17) is 15.9 Å². The first kappa shape index (κ1) is 28.4. The summed E-state index contributed by atoms with van der Waals surface area (Å²) in [5, 5.41) is 19.3. The quantitative estimate of drug-likeness (QED) is 0.0874. The number of hydrogen-bond acceptors (Lipinski definition) is 6. The van der Waals surface area contributed by atoms with Crippen LogP contribution in [0.4, 0.5) is 27.5 Å². The molecule has 4 aromatic rings. The van der Waals surface area contributed by atoms with Gasteiger partial charge in [-0.25, -0.2) is 9.59 Å². The summed E-state index contributed by atoms with van der Waals surface area (Å²) in [6, 6.07) is 27.1. The van der Waals surface area contributed by atoms with Crippen LogP contribution < -0.4 is 27.0 Å². The predicted octanol–water partition coefficient (Wildman–Crippen LogP) is 5.83. The summed E-state index contributed by atoms with van der Waals surface area (Å²) in [5.74, 6) is -0.939. The maximum atomic E-state index is 12.8. The minimum absolute atomic E-state index is 0.0468. The van der Waals surface area contributed by atoms with Crippen molar-refractivity contribution >= 4 is 46.5 Å². The molecule has 0 aliphatic heterocycles. The number of urea groups is 1. The standard InChI is InChI=1S/C31H30N6O4/c1-19(20-11-13-22(14-12-20)29(38)36-25-8-4-3-7-24(25)30(39)41-2)34-26-9-5-6-10-27(26)37-31(40)35-23-17-15-21(16-18-23)28(32)33/h3-19,34H,1-2H3,(H3,32,33)(H,36,38)(H2,35,37,40). The van der Waals surface area contributed by atoms with E-state index in [1.54, 1.807) is 66.7 Å². The number of benzene rings is 4. The second-order valence-electron chi connectivity index (χ2n) is 9.10. The molecule has 0 saturated carbocycles. The van der Waals surface area contributed by atoms with Crippen molar-refractivity contribution in [2.75, 3.05) is 28.4 Å². The summed E-state index contributed by atoms with van der Waals surface area (Å²) in [5.41, 5.74) is 9.87. The summed E-state index contributed by atoms with van der Waals surface area (Å²) in [4.78, 5) is 37.5. The zero-order valence-corrected chi connectivity index (χ0v) is 22.5. The molecule has 0 saturated heterocycles. The Balaban J connectivity index is 1.39. The van der Waals surface area contributed by atoms with E-state index in [1.807, 2.05) is 37.3 Å². The highest BCUT2D eigenvalue weighted by Crippen LogP contribution is 2.27. The highest BCUT2D eigenvalue weighted by atomic mass is 16.5. The Bertz CT molecular complexity index is 1570. The molecule has 0 radical (unpaired) electrons. The number of nitrogens with one attached hydrogen (secondary N) is 5. The number of ether oxygens (including phenoxy) is 1. The van der Waals surface area contributed by atoms with Crippen molar-refractivity contribution in [1.82, 2.24) is 0 Å². The monoisotopic (exact) mass is 550 g/mol. The smallest absolute Gasteiger partial charge is 0.339 e. The number of methoxy groups -OCH3 is 1. The number of esters is 1. The second-order valence-corrected chi connectivity index (χ2v) is 9.10. The third-order valence-electron chi connectivity index (χ3n) is 6.25. The van der Waals surface area contributed by atoms with Gasteiger partial charge in [0.05, 0.1) is 29.7 Å². The number of carbonyl (C=O) groups excluding carboxylic acids is 3. The van der Waals surface area contributed by atoms with Gasteiger partial charge in [-0.1, -0.05) is 36.4 Å². The summed E-state index contributed by atoms with van der Waals surface area (Å²) >= 11 is 0. The van der Waals surface area contributed by atoms with Gasteiger partial charge in [0, 0.05) is 22.9 Å². The van der Waals surface area contributed by atoms with Crippen LogP contribution in [0, 0.1) is 5.41 Å². The second kappa shape index (κ2) is 12.9. The summed E-state index contributed by atoms with van der Waals surface area (Å²) < 4.78 is 4.79. The molecule has 1 unspecified atom stereocenters. The molecule has 0 aliphatic rings. The number of rotatable bonds is 9. The van der Waals surface area contributed by atoms with Crippen LogP contribution in [0.5, 0.6) is 0 Å². The number of para-hydroxylation sites is 3. The topological polar surface area (TPSA) is 158 Å². The van der Waals surface area contributed by atoms with Gasteiger partial charge in [-0.2, -0.15) is 0 Å². The summed E-state index contributed by atoms with van der Waals surface area (Å²) in [6.07, 6.45) is 0. The molecule has 208 valence electrons. The molecule has 10 heteroatoms. The first-order valence-corrected chi connectivity index (χ1v) is 12.7. The maximum absolute atomic E-state index is 12.8. The molecular formula is C31H30N6O4. The first-order chi connectivity index (χ1) is 19.7. The third kappa shape index (κ3) is 7.27. The van der Waals surface area contributed by atoms with Crippen molar-refractivity contribution < 1.29 is 19.1 Å². The molecule has 0 aliphatic carbocycles. The van der Waals surface area contributed by atoms with Crippen LogP contribution in [0.15, 0.2) is 97.1 Å². The van der Waals surface area contributed by atoms with Gasteiger partial charge in [-0.3, -0.25) is 10.2 Å². The maximum Gasteiger partial charge on any atom is 0.339 e. The fraction of sp³-hybridized carbons (Fsp3) is 0.0968. The van der Waals surface area contributed by atoms with E-state index in [0.717, 1.165) is 5.56 Å². The van der Waals surface area contributed by atoms with Gasteiger partial charge < -0.3 is 31.7 Å². The normalized spacial score (nSPS) is 11.1. The Morgan fingerprint density at radius 1 is 0.732 bits per heavy atom. The van der Waals surface area contributed by atoms with E-state index in [9.17, 15) is 14.4 Å². The van der Waals surface area contributed by atoms with Gasteiger partial charge >= 0.3 is 12.0 Å². The molecule has 0 aromatic heterocycles. The number of nitrogen functional groups attached to an aromatic ring is 1. The predicted molar refractivity (Wildman–Crippen MR) is 161 cm³/mol. The van der Waals surface area contributed by atoms with Crippen molar-refractivity contribution in [2.24, 2.45) is 5.73 Å². The zero-order valence-electron chi connectivity index (χ0n) is 22.5. The van der Waals surface area contributed by atoms with E-state index in [2.05, 4.69) is 21.3 Å². The number of amides is 3.